The number of para-hydroxylation sites is 2. The maximum atomic E-state index is 6.20. The fraction of sp³-hybridized carbons (Fsp3) is 0.200. The summed E-state index contributed by atoms with van der Waals surface area (Å²) >= 11 is 7.68. The van der Waals surface area contributed by atoms with E-state index in [0.717, 1.165) is 5.69 Å². The average Bonchev–Trinajstić information content (AvgIpc) is 3.34. The van der Waals surface area contributed by atoms with Gasteiger partial charge in [0.15, 0.2) is 16.8 Å². The zero-order valence-corrected chi connectivity index (χ0v) is 17.4. The second-order valence-electron chi connectivity index (χ2n) is 6.23. The smallest absolute Gasteiger partial charge is 0.239 e. The van der Waals surface area contributed by atoms with Crippen LogP contribution >= 0.6 is 23.4 Å². The van der Waals surface area contributed by atoms with Gasteiger partial charge >= 0.3 is 0 Å². The van der Waals surface area contributed by atoms with Crippen molar-refractivity contribution in [1.82, 2.24) is 24.9 Å². The van der Waals surface area contributed by atoms with Gasteiger partial charge < -0.3 is 9.26 Å². The Morgan fingerprint density at radius 2 is 1.86 bits per heavy atom. The third kappa shape index (κ3) is 4.44. The molecule has 0 N–H and O–H groups in total. The lowest BCUT2D eigenvalue weighted by Gasteiger charge is -2.12. The van der Waals surface area contributed by atoms with Crippen molar-refractivity contribution in [3.8, 4) is 11.4 Å². The van der Waals surface area contributed by atoms with Crippen LogP contribution in [0, 0.1) is 6.92 Å². The Balaban J connectivity index is 1.62. The molecule has 9 heteroatoms. The van der Waals surface area contributed by atoms with E-state index in [1.54, 1.807) is 13.0 Å². The van der Waals surface area contributed by atoms with Gasteiger partial charge in [0, 0.05) is 5.69 Å². The van der Waals surface area contributed by atoms with Crippen LogP contribution in [0.2, 0.25) is 5.02 Å². The quantitative estimate of drug-likeness (QED) is 0.382. The van der Waals surface area contributed by atoms with Crippen LogP contribution in [0.25, 0.3) is 5.69 Å². The molecule has 0 spiro atoms. The van der Waals surface area contributed by atoms with Crippen molar-refractivity contribution >= 4 is 23.4 Å². The molecule has 0 saturated carbocycles. The summed E-state index contributed by atoms with van der Waals surface area (Å²) in [7, 11) is 0. The molecule has 2 heterocycles. The van der Waals surface area contributed by atoms with Gasteiger partial charge in [-0.2, -0.15) is 4.98 Å². The number of benzene rings is 2. The summed E-state index contributed by atoms with van der Waals surface area (Å²) in [5, 5.41) is 13.8. The first-order valence-electron chi connectivity index (χ1n) is 8.95. The van der Waals surface area contributed by atoms with Crippen LogP contribution in [0.1, 0.15) is 29.7 Å². The van der Waals surface area contributed by atoms with Crippen LogP contribution in [0.3, 0.4) is 0 Å². The second kappa shape index (κ2) is 8.67. The zero-order valence-electron chi connectivity index (χ0n) is 15.8. The van der Waals surface area contributed by atoms with Crippen molar-refractivity contribution in [2.75, 3.05) is 0 Å². The first kappa shape index (κ1) is 19.5. The molecule has 0 aliphatic carbocycles. The minimum atomic E-state index is -0.0831. The van der Waals surface area contributed by atoms with Crippen LogP contribution in [0.5, 0.6) is 5.75 Å². The summed E-state index contributed by atoms with van der Waals surface area (Å²) in [5.74, 6) is 2.41. The lowest BCUT2D eigenvalue weighted by Crippen LogP contribution is -2.07. The Morgan fingerprint density at radius 3 is 2.59 bits per heavy atom. The van der Waals surface area contributed by atoms with Crippen LogP contribution < -0.4 is 4.74 Å². The molecule has 4 rings (SSSR count). The van der Waals surface area contributed by atoms with Gasteiger partial charge in [-0.1, -0.05) is 58.9 Å². The molecule has 0 aliphatic heterocycles. The number of hydrogen-bond acceptors (Lipinski definition) is 7. The summed E-state index contributed by atoms with van der Waals surface area (Å²) in [4.78, 5) is 4.31. The highest BCUT2D eigenvalue weighted by Crippen LogP contribution is 2.34. The average molecular weight is 428 g/mol. The number of halogens is 1. The van der Waals surface area contributed by atoms with Crippen LogP contribution in [-0.4, -0.2) is 24.9 Å². The molecule has 4 aromatic rings. The highest BCUT2D eigenvalue weighted by Gasteiger charge is 2.21. The van der Waals surface area contributed by atoms with E-state index in [0.29, 0.717) is 33.5 Å². The number of hydrogen-bond donors (Lipinski definition) is 0. The van der Waals surface area contributed by atoms with Crippen molar-refractivity contribution in [3.63, 3.8) is 0 Å². The predicted molar refractivity (Wildman–Crippen MR) is 110 cm³/mol. The van der Waals surface area contributed by atoms with E-state index in [9.17, 15) is 0 Å². The molecule has 2 aromatic heterocycles. The van der Waals surface area contributed by atoms with E-state index in [4.69, 9.17) is 20.9 Å². The highest BCUT2D eigenvalue weighted by atomic mass is 35.5. The molecule has 0 bridgehead atoms. The molecule has 2 aromatic carbocycles. The number of ether oxygens (including phenoxy) is 1. The Hall–Kier alpha value is -2.84. The van der Waals surface area contributed by atoms with Gasteiger partial charge in [-0.25, -0.2) is 0 Å². The summed E-state index contributed by atoms with van der Waals surface area (Å²) in [6, 6.07) is 17.2. The molecule has 1 unspecified atom stereocenters. The van der Waals surface area contributed by atoms with Crippen molar-refractivity contribution in [1.29, 1.82) is 0 Å². The van der Waals surface area contributed by atoms with Crippen LogP contribution in [-0.2, 0) is 6.61 Å². The first-order chi connectivity index (χ1) is 14.1. The number of aromatic nitrogens is 5. The SMILES string of the molecule is Cc1noc(C(C)Sc2nnc(COc3ccccc3Cl)n2-c2ccccc2)n1. The molecule has 29 heavy (non-hydrogen) atoms. The molecule has 7 nitrogen and oxygen atoms in total. The molecule has 0 saturated heterocycles. The molecule has 0 amide bonds. The van der Waals surface area contributed by atoms with Crippen LogP contribution in [0.15, 0.2) is 64.3 Å². The minimum Gasteiger partial charge on any atom is -0.484 e. The van der Waals surface area contributed by atoms with Crippen molar-refractivity contribution in [2.24, 2.45) is 0 Å². The normalized spacial score (nSPS) is 12.1. The third-order valence-electron chi connectivity index (χ3n) is 4.08. The van der Waals surface area contributed by atoms with E-state index < -0.39 is 0 Å². The Labute approximate surface area is 177 Å². The van der Waals surface area contributed by atoms with Gasteiger partial charge in [-0.05, 0) is 38.1 Å². The second-order valence-corrected chi connectivity index (χ2v) is 7.94. The standard InChI is InChI=1S/C20H18ClN5O2S/c1-13(19-22-14(2)25-28-19)29-20-24-23-18(26(20)15-8-4-3-5-9-15)12-27-17-11-7-6-10-16(17)21/h3-11,13H,12H2,1-2H3. The largest absolute Gasteiger partial charge is 0.484 e. The minimum absolute atomic E-state index is 0.0831. The van der Waals surface area contributed by atoms with Gasteiger partial charge in [-0.15, -0.1) is 10.2 Å². The van der Waals surface area contributed by atoms with E-state index in [2.05, 4.69) is 20.3 Å². The van der Waals surface area contributed by atoms with Gasteiger partial charge in [0.25, 0.3) is 0 Å². The van der Waals surface area contributed by atoms with E-state index in [-0.39, 0.29) is 11.9 Å². The number of thioether (sulfide) groups is 1. The van der Waals surface area contributed by atoms with E-state index >= 15 is 0 Å². The number of nitrogens with zero attached hydrogens (tertiary/aromatic N) is 5. The summed E-state index contributed by atoms with van der Waals surface area (Å²) in [6.07, 6.45) is 0. The van der Waals surface area contributed by atoms with Crippen molar-refractivity contribution < 1.29 is 9.26 Å². The lowest BCUT2D eigenvalue weighted by molar-refractivity contribution is 0.293. The predicted octanol–water partition coefficient (Wildman–Crippen LogP) is 5.04. The maximum Gasteiger partial charge on any atom is 0.239 e. The summed E-state index contributed by atoms with van der Waals surface area (Å²) in [6.45, 7) is 4.00. The fourth-order valence-corrected chi connectivity index (χ4v) is 3.80. The number of rotatable bonds is 7. The first-order valence-corrected chi connectivity index (χ1v) is 10.2. The Bertz CT molecular complexity index is 1100. The summed E-state index contributed by atoms with van der Waals surface area (Å²) in [5.41, 5.74) is 0.937. The van der Waals surface area contributed by atoms with Gasteiger partial charge in [0.2, 0.25) is 5.89 Å². The Kier molecular flexibility index (Phi) is 5.82. The van der Waals surface area contributed by atoms with Crippen LogP contribution in [0.4, 0.5) is 0 Å². The number of aryl methyl sites for hydroxylation is 1. The van der Waals surface area contributed by atoms with Gasteiger partial charge in [0.1, 0.15) is 12.4 Å². The molecule has 1 atom stereocenters. The van der Waals surface area contributed by atoms with Gasteiger partial charge in [-0.3, -0.25) is 4.57 Å². The molecule has 0 radical (unpaired) electrons. The topological polar surface area (TPSA) is 78.9 Å². The highest BCUT2D eigenvalue weighted by molar-refractivity contribution is 7.99. The molecular formula is C20H18ClN5O2S. The van der Waals surface area contributed by atoms with Crippen molar-refractivity contribution in [2.45, 2.75) is 30.9 Å². The fourth-order valence-electron chi connectivity index (χ4n) is 2.70. The van der Waals surface area contributed by atoms with E-state index in [1.807, 2.05) is 60.0 Å². The van der Waals surface area contributed by atoms with E-state index in [1.165, 1.54) is 11.8 Å². The Morgan fingerprint density at radius 1 is 1.10 bits per heavy atom. The maximum absolute atomic E-state index is 6.20. The molecule has 0 fully saturated rings. The van der Waals surface area contributed by atoms with Gasteiger partial charge in [0.05, 0.1) is 10.3 Å². The molecule has 148 valence electrons. The monoisotopic (exact) mass is 427 g/mol. The molecular weight excluding hydrogens is 410 g/mol. The summed E-state index contributed by atoms with van der Waals surface area (Å²) < 4.78 is 13.1. The zero-order chi connectivity index (χ0) is 20.2. The third-order valence-corrected chi connectivity index (χ3v) is 5.42. The van der Waals surface area contributed by atoms with Crippen molar-refractivity contribution in [3.05, 3.63) is 77.2 Å². The lowest BCUT2D eigenvalue weighted by atomic mass is 10.3. The molecule has 0 aliphatic rings.